The summed E-state index contributed by atoms with van der Waals surface area (Å²) in [5, 5.41) is 0. The van der Waals surface area contributed by atoms with Gasteiger partial charge in [-0.1, -0.05) is 27.7 Å². The molecule has 0 spiro atoms. The summed E-state index contributed by atoms with van der Waals surface area (Å²) in [7, 11) is 0. The molecule has 0 N–H and O–H groups in total. The van der Waals surface area contributed by atoms with Gasteiger partial charge in [-0.15, -0.1) is 0 Å². The molecule has 0 heteroatoms. The summed E-state index contributed by atoms with van der Waals surface area (Å²) in [4.78, 5) is 0. The van der Waals surface area contributed by atoms with Crippen molar-refractivity contribution in [3.05, 3.63) is 0 Å². The average Bonchev–Trinajstić information content (AvgIpc) is 2.40. The standard InChI is InChI=1S/C9H18/c1-7(8-5-6-8)9(2,3)4/h7-8H,5-6H2,1-4H3/t7-/m1/s1. The van der Waals surface area contributed by atoms with Crippen molar-refractivity contribution in [3.8, 4) is 0 Å². The van der Waals surface area contributed by atoms with E-state index in [9.17, 15) is 0 Å². The van der Waals surface area contributed by atoms with Crippen LogP contribution in [0.25, 0.3) is 0 Å². The maximum absolute atomic E-state index is 2.39. The first-order valence-electron chi connectivity index (χ1n) is 4.02. The first kappa shape index (κ1) is 7.11. The average molecular weight is 126 g/mol. The lowest BCUT2D eigenvalue weighted by atomic mass is 9.79. The Kier molecular flexibility index (Phi) is 1.58. The molecule has 0 radical (unpaired) electrons. The minimum atomic E-state index is 0.543. The van der Waals surface area contributed by atoms with Crippen LogP contribution in [0.4, 0.5) is 0 Å². The van der Waals surface area contributed by atoms with Gasteiger partial charge in [0, 0.05) is 0 Å². The summed E-state index contributed by atoms with van der Waals surface area (Å²) < 4.78 is 0. The van der Waals surface area contributed by atoms with Crippen molar-refractivity contribution in [1.82, 2.24) is 0 Å². The van der Waals surface area contributed by atoms with Gasteiger partial charge in [-0.25, -0.2) is 0 Å². The third-order valence-electron chi connectivity index (χ3n) is 2.70. The SMILES string of the molecule is C[C@H](C1CC1)C(C)(C)C. The summed E-state index contributed by atoms with van der Waals surface area (Å²) in [5.41, 5.74) is 0.543. The molecule has 0 aromatic carbocycles. The van der Waals surface area contributed by atoms with Crippen LogP contribution in [0, 0.1) is 17.3 Å². The maximum atomic E-state index is 2.39. The van der Waals surface area contributed by atoms with E-state index < -0.39 is 0 Å². The predicted octanol–water partition coefficient (Wildman–Crippen LogP) is 3.08. The zero-order valence-electron chi connectivity index (χ0n) is 7.07. The zero-order chi connectivity index (χ0) is 7.07. The molecule has 0 amide bonds. The molecule has 1 atom stereocenters. The van der Waals surface area contributed by atoms with Crippen LogP contribution in [0.1, 0.15) is 40.5 Å². The second-order valence-corrected chi connectivity index (χ2v) is 4.49. The van der Waals surface area contributed by atoms with Crippen molar-refractivity contribution in [2.45, 2.75) is 40.5 Å². The molecule has 0 aromatic rings. The van der Waals surface area contributed by atoms with Crippen molar-refractivity contribution in [2.75, 3.05) is 0 Å². The van der Waals surface area contributed by atoms with Crippen LogP contribution in [-0.4, -0.2) is 0 Å². The minimum absolute atomic E-state index is 0.543. The normalized spacial score (nSPS) is 24.0. The predicted molar refractivity (Wildman–Crippen MR) is 41.3 cm³/mol. The number of hydrogen-bond donors (Lipinski definition) is 0. The molecule has 1 aliphatic rings. The Balaban J connectivity index is 2.40. The molecule has 0 heterocycles. The second-order valence-electron chi connectivity index (χ2n) is 4.49. The van der Waals surface area contributed by atoms with E-state index in [4.69, 9.17) is 0 Å². The number of hydrogen-bond acceptors (Lipinski definition) is 0. The van der Waals surface area contributed by atoms with Gasteiger partial charge in [0.25, 0.3) is 0 Å². The van der Waals surface area contributed by atoms with E-state index in [1.807, 2.05) is 0 Å². The lowest BCUT2D eigenvalue weighted by molar-refractivity contribution is 0.232. The van der Waals surface area contributed by atoms with Gasteiger partial charge in [0.15, 0.2) is 0 Å². The fraction of sp³-hybridized carbons (Fsp3) is 1.00. The van der Waals surface area contributed by atoms with E-state index in [0.717, 1.165) is 11.8 Å². The minimum Gasteiger partial charge on any atom is -0.0617 e. The fourth-order valence-corrected chi connectivity index (χ4v) is 1.30. The van der Waals surface area contributed by atoms with Gasteiger partial charge in [-0.2, -0.15) is 0 Å². The molecule has 0 aromatic heterocycles. The highest BCUT2D eigenvalue weighted by Crippen LogP contribution is 2.44. The summed E-state index contributed by atoms with van der Waals surface area (Å²) in [6.07, 6.45) is 2.97. The monoisotopic (exact) mass is 126 g/mol. The largest absolute Gasteiger partial charge is 0.0617 e. The van der Waals surface area contributed by atoms with Gasteiger partial charge in [0.05, 0.1) is 0 Å². The van der Waals surface area contributed by atoms with E-state index in [2.05, 4.69) is 27.7 Å². The van der Waals surface area contributed by atoms with Crippen LogP contribution in [-0.2, 0) is 0 Å². The van der Waals surface area contributed by atoms with Crippen molar-refractivity contribution >= 4 is 0 Å². The highest BCUT2D eigenvalue weighted by Gasteiger charge is 2.34. The molecule has 0 bridgehead atoms. The molecule has 0 aliphatic heterocycles. The molecule has 0 saturated heterocycles. The van der Waals surface area contributed by atoms with E-state index >= 15 is 0 Å². The van der Waals surface area contributed by atoms with E-state index in [1.165, 1.54) is 12.8 Å². The molecule has 1 saturated carbocycles. The Labute approximate surface area is 58.7 Å². The Bertz CT molecular complexity index is 93.1. The van der Waals surface area contributed by atoms with Crippen molar-refractivity contribution in [3.63, 3.8) is 0 Å². The topological polar surface area (TPSA) is 0 Å². The molecule has 0 nitrogen and oxygen atoms in total. The Hall–Kier alpha value is 0. The van der Waals surface area contributed by atoms with Crippen LogP contribution in [0.3, 0.4) is 0 Å². The Morgan fingerprint density at radius 3 is 1.78 bits per heavy atom. The summed E-state index contributed by atoms with van der Waals surface area (Å²) >= 11 is 0. The summed E-state index contributed by atoms with van der Waals surface area (Å²) in [6, 6.07) is 0. The van der Waals surface area contributed by atoms with Gasteiger partial charge in [0.1, 0.15) is 0 Å². The molecular formula is C9H18. The Morgan fingerprint density at radius 1 is 1.22 bits per heavy atom. The van der Waals surface area contributed by atoms with Gasteiger partial charge >= 0.3 is 0 Å². The molecule has 9 heavy (non-hydrogen) atoms. The van der Waals surface area contributed by atoms with Crippen LogP contribution in [0.15, 0.2) is 0 Å². The highest BCUT2D eigenvalue weighted by atomic mass is 14.4. The lowest BCUT2D eigenvalue weighted by Gasteiger charge is -2.26. The molecule has 1 rings (SSSR count). The second kappa shape index (κ2) is 2.00. The lowest BCUT2D eigenvalue weighted by Crippen LogP contribution is -2.18. The maximum Gasteiger partial charge on any atom is -0.0354 e. The molecule has 1 aliphatic carbocycles. The number of rotatable bonds is 1. The smallest absolute Gasteiger partial charge is 0.0354 e. The molecule has 0 unspecified atom stereocenters. The van der Waals surface area contributed by atoms with Crippen LogP contribution in [0.2, 0.25) is 0 Å². The van der Waals surface area contributed by atoms with Gasteiger partial charge < -0.3 is 0 Å². The van der Waals surface area contributed by atoms with E-state index in [-0.39, 0.29) is 0 Å². The third-order valence-corrected chi connectivity index (χ3v) is 2.70. The quantitative estimate of drug-likeness (QED) is 0.506. The summed E-state index contributed by atoms with van der Waals surface area (Å²) in [6.45, 7) is 9.42. The van der Waals surface area contributed by atoms with Crippen molar-refractivity contribution < 1.29 is 0 Å². The Morgan fingerprint density at radius 2 is 1.67 bits per heavy atom. The van der Waals surface area contributed by atoms with Crippen LogP contribution < -0.4 is 0 Å². The molecule has 54 valence electrons. The molecular weight excluding hydrogens is 108 g/mol. The first-order valence-corrected chi connectivity index (χ1v) is 4.02. The first-order chi connectivity index (χ1) is 4.02. The van der Waals surface area contributed by atoms with Crippen LogP contribution >= 0.6 is 0 Å². The van der Waals surface area contributed by atoms with Gasteiger partial charge in [0.2, 0.25) is 0 Å². The van der Waals surface area contributed by atoms with Crippen molar-refractivity contribution in [1.29, 1.82) is 0 Å². The van der Waals surface area contributed by atoms with Gasteiger partial charge in [-0.05, 0) is 30.1 Å². The van der Waals surface area contributed by atoms with Gasteiger partial charge in [-0.3, -0.25) is 0 Å². The third kappa shape index (κ3) is 1.70. The zero-order valence-corrected chi connectivity index (χ0v) is 7.07. The van der Waals surface area contributed by atoms with E-state index in [1.54, 1.807) is 0 Å². The van der Waals surface area contributed by atoms with E-state index in [0.29, 0.717) is 5.41 Å². The summed E-state index contributed by atoms with van der Waals surface area (Å²) in [5.74, 6) is 1.99. The van der Waals surface area contributed by atoms with Crippen LogP contribution in [0.5, 0.6) is 0 Å². The fourth-order valence-electron chi connectivity index (χ4n) is 1.30. The van der Waals surface area contributed by atoms with Crippen molar-refractivity contribution in [2.24, 2.45) is 17.3 Å². The molecule has 1 fully saturated rings. The highest BCUT2D eigenvalue weighted by molar-refractivity contribution is 4.85.